The number of amides is 1. The molecule has 1 atom stereocenters. The predicted molar refractivity (Wildman–Crippen MR) is 68.2 cm³/mol. The van der Waals surface area contributed by atoms with E-state index in [0.29, 0.717) is 17.7 Å². The second kappa shape index (κ2) is 5.48. The van der Waals surface area contributed by atoms with Gasteiger partial charge in [0.25, 0.3) is 5.91 Å². The third-order valence-corrected chi connectivity index (χ3v) is 3.56. The first-order valence-electron chi connectivity index (χ1n) is 6.43. The molecule has 6 heteroatoms. The molecule has 1 N–H and O–H groups in total. The van der Waals surface area contributed by atoms with Crippen LogP contribution in [0.2, 0.25) is 0 Å². The summed E-state index contributed by atoms with van der Waals surface area (Å²) in [6, 6.07) is 0.589. The fourth-order valence-electron chi connectivity index (χ4n) is 2.45. The van der Waals surface area contributed by atoms with E-state index < -0.39 is 0 Å². The van der Waals surface area contributed by atoms with Crippen LogP contribution in [0.1, 0.15) is 30.8 Å². The molecule has 1 aromatic heterocycles. The average molecular weight is 251 g/mol. The Hall–Kier alpha value is -1.43. The van der Waals surface area contributed by atoms with Crippen molar-refractivity contribution in [2.24, 2.45) is 5.92 Å². The highest BCUT2D eigenvalue weighted by Gasteiger charge is 2.26. The minimum atomic E-state index is -0.0632. The van der Waals surface area contributed by atoms with Crippen LogP contribution in [-0.2, 0) is 0 Å². The van der Waals surface area contributed by atoms with Gasteiger partial charge in [0.15, 0.2) is 5.69 Å². The number of carbonyl (C=O) groups excluding carboxylic acids is 1. The molecule has 0 aromatic carbocycles. The number of H-pyrrole nitrogens is 1. The van der Waals surface area contributed by atoms with E-state index in [2.05, 4.69) is 34.2 Å². The van der Waals surface area contributed by atoms with E-state index in [1.807, 2.05) is 7.05 Å². The monoisotopic (exact) mass is 251 g/mol. The maximum Gasteiger partial charge on any atom is 0.275 e. The highest BCUT2D eigenvalue weighted by molar-refractivity contribution is 5.91. The summed E-state index contributed by atoms with van der Waals surface area (Å²) in [5.41, 5.74) is 0.385. The lowest BCUT2D eigenvalue weighted by Crippen LogP contribution is -2.34. The first-order chi connectivity index (χ1) is 8.58. The fourth-order valence-corrected chi connectivity index (χ4v) is 2.45. The molecule has 0 saturated carbocycles. The van der Waals surface area contributed by atoms with Crippen molar-refractivity contribution in [2.45, 2.75) is 26.3 Å². The van der Waals surface area contributed by atoms with E-state index >= 15 is 0 Å². The van der Waals surface area contributed by atoms with Gasteiger partial charge in [0.05, 0.1) is 6.20 Å². The number of nitrogens with one attached hydrogen (secondary N) is 1. The second-order valence-corrected chi connectivity index (χ2v) is 5.28. The van der Waals surface area contributed by atoms with Gasteiger partial charge >= 0.3 is 0 Å². The molecule has 0 radical (unpaired) electrons. The molecule has 1 fully saturated rings. The van der Waals surface area contributed by atoms with Gasteiger partial charge in [-0.1, -0.05) is 0 Å². The van der Waals surface area contributed by atoms with Gasteiger partial charge in [-0.3, -0.25) is 4.79 Å². The molecule has 6 nitrogen and oxygen atoms in total. The first-order valence-corrected chi connectivity index (χ1v) is 6.43. The Labute approximate surface area is 107 Å². The summed E-state index contributed by atoms with van der Waals surface area (Å²) in [5.74, 6) is 0.500. The summed E-state index contributed by atoms with van der Waals surface area (Å²) in [7, 11) is 1.83. The molecule has 0 aliphatic carbocycles. The van der Waals surface area contributed by atoms with Gasteiger partial charge in [0, 0.05) is 26.2 Å². The fraction of sp³-hybridized carbons (Fsp3) is 0.750. The molecule has 1 aliphatic heterocycles. The number of carbonyl (C=O) groups is 1. The number of nitrogens with zero attached hydrogens (tertiary/aromatic N) is 4. The first kappa shape index (κ1) is 13.0. The topological polar surface area (TPSA) is 65.1 Å². The lowest BCUT2D eigenvalue weighted by Gasteiger charge is -2.22. The number of aromatic amines is 1. The predicted octanol–water partition coefficient (Wildman–Crippen LogP) is 0.607. The number of rotatable bonds is 4. The third-order valence-electron chi connectivity index (χ3n) is 3.56. The summed E-state index contributed by atoms with van der Waals surface area (Å²) in [4.78, 5) is 16.2. The van der Waals surface area contributed by atoms with Gasteiger partial charge in [-0.15, -0.1) is 0 Å². The number of hydrogen-bond donors (Lipinski definition) is 1. The molecule has 0 spiro atoms. The molecular formula is C12H21N5O. The Morgan fingerprint density at radius 3 is 3.00 bits per heavy atom. The highest BCUT2D eigenvalue weighted by Crippen LogP contribution is 2.19. The molecule has 1 saturated heterocycles. The van der Waals surface area contributed by atoms with E-state index in [0.717, 1.165) is 26.1 Å². The van der Waals surface area contributed by atoms with Crippen molar-refractivity contribution in [3.8, 4) is 0 Å². The van der Waals surface area contributed by atoms with Crippen molar-refractivity contribution in [1.82, 2.24) is 25.2 Å². The third kappa shape index (κ3) is 2.87. The van der Waals surface area contributed by atoms with Gasteiger partial charge in [-0.05, 0) is 32.7 Å². The molecule has 2 rings (SSSR count). The van der Waals surface area contributed by atoms with Crippen LogP contribution in [0, 0.1) is 5.92 Å². The van der Waals surface area contributed by atoms with Gasteiger partial charge in [-0.2, -0.15) is 15.4 Å². The van der Waals surface area contributed by atoms with Crippen molar-refractivity contribution in [1.29, 1.82) is 0 Å². The maximum absolute atomic E-state index is 12.0. The zero-order valence-electron chi connectivity index (χ0n) is 11.3. The second-order valence-electron chi connectivity index (χ2n) is 5.28. The molecule has 1 aliphatic rings. The average Bonchev–Trinajstić information content (AvgIpc) is 2.98. The zero-order valence-corrected chi connectivity index (χ0v) is 11.3. The Morgan fingerprint density at radius 2 is 2.44 bits per heavy atom. The molecule has 2 heterocycles. The van der Waals surface area contributed by atoms with Gasteiger partial charge in [0.1, 0.15) is 0 Å². The van der Waals surface area contributed by atoms with Crippen LogP contribution in [0.5, 0.6) is 0 Å². The zero-order chi connectivity index (χ0) is 13.1. The molecule has 1 unspecified atom stereocenters. The van der Waals surface area contributed by atoms with Crippen molar-refractivity contribution >= 4 is 5.91 Å². The summed E-state index contributed by atoms with van der Waals surface area (Å²) >= 11 is 0. The van der Waals surface area contributed by atoms with Crippen molar-refractivity contribution in [3.05, 3.63) is 11.9 Å². The van der Waals surface area contributed by atoms with Crippen molar-refractivity contribution < 1.29 is 4.79 Å². The summed E-state index contributed by atoms with van der Waals surface area (Å²) in [5, 5.41) is 9.94. The smallest absolute Gasteiger partial charge is 0.275 e. The Bertz CT molecular complexity index is 389. The molecule has 18 heavy (non-hydrogen) atoms. The van der Waals surface area contributed by atoms with Crippen molar-refractivity contribution in [2.75, 3.05) is 26.7 Å². The Balaban J connectivity index is 1.85. The highest BCUT2D eigenvalue weighted by atomic mass is 16.2. The van der Waals surface area contributed by atoms with E-state index in [9.17, 15) is 4.79 Å². The lowest BCUT2D eigenvalue weighted by atomic mass is 10.1. The van der Waals surface area contributed by atoms with Crippen LogP contribution in [0.3, 0.4) is 0 Å². The van der Waals surface area contributed by atoms with Crippen LogP contribution in [0.15, 0.2) is 6.20 Å². The molecular weight excluding hydrogens is 230 g/mol. The molecule has 1 aromatic rings. The van der Waals surface area contributed by atoms with E-state index in [1.165, 1.54) is 6.20 Å². The number of likely N-dealkylation sites (tertiary alicyclic amines) is 1. The SMILES string of the molecule is CC(C)N1CCC(CN(C)C(=O)c2cn[nH]n2)C1. The summed E-state index contributed by atoms with van der Waals surface area (Å²) < 4.78 is 0. The maximum atomic E-state index is 12.0. The van der Waals surface area contributed by atoms with E-state index in [1.54, 1.807) is 4.90 Å². The molecule has 1 amide bonds. The van der Waals surface area contributed by atoms with Crippen LogP contribution < -0.4 is 0 Å². The summed E-state index contributed by atoms with van der Waals surface area (Å²) in [6.45, 7) is 7.43. The van der Waals surface area contributed by atoms with Crippen LogP contribution in [-0.4, -0.2) is 63.8 Å². The minimum absolute atomic E-state index is 0.0632. The minimum Gasteiger partial charge on any atom is -0.340 e. The van der Waals surface area contributed by atoms with Gasteiger partial charge in [0.2, 0.25) is 0 Å². The van der Waals surface area contributed by atoms with Crippen LogP contribution >= 0.6 is 0 Å². The standard InChI is InChI=1S/C12H21N5O/c1-9(2)17-5-4-10(8-17)7-16(3)12(18)11-6-13-15-14-11/h6,9-10H,4-5,7-8H2,1-3H3,(H,13,14,15). The van der Waals surface area contributed by atoms with Gasteiger partial charge in [-0.25, -0.2) is 0 Å². The lowest BCUT2D eigenvalue weighted by molar-refractivity contribution is 0.0766. The van der Waals surface area contributed by atoms with E-state index in [-0.39, 0.29) is 5.91 Å². The van der Waals surface area contributed by atoms with Gasteiger partial charge < -0.3 is 9.80 Å². The number of hydrogen-bond acceptors (Lipinski definition) is 4. The van der Waals surface area contributed by atoms with Crippen LogP contribution in [0.25, 0.3) is 0 Å². The largest absolute Gasteiger partial charge is 0.340 e. The van der Waals surface area contributed by atoms with Crippen molar-refractivity contribution in [3.63, 3.8) is 0 Å². The molecule has 100 valence electrons. The Morgan fingerprint density at radius 1 is 1.67 bits per heavy atom. The summed E-state index contributed by atoms with van der Waals surface area (Å²) in [6.07, 6.45) is 2.63. The number of aromatic nitrogens is 3. The normalized spacial score (nSPS) is 20.6. The molecule has 0 bridgehead atoms. The Kier molecular flexibility index (Phi) is 3.96. The van der Waals surface area contributed by atoms with Crippen LogP contribution in [0.4, 0.5) is 0 Å². The quantitative estimate of drug-likeness (QED) is 0.851. The van der Waals surface area contributed by atoms with E-state index in [4.69, 9.17) is 0 Å².